The van der Waals surface area contributed by atoms with Crippen LogP contribution in [0.3, 0.4) is 0 Å². The number of nitrogens with zero attached hydrogens (tertiary/aromatic N) is 2. The Kier molecular flexibility index (Phi) is 9.03. The number of nitrogens with one attached hydrogen (secondary N) is 3. The van der Waals surface area contributed by atoms with Gasteiger partial charge < -0.3 is 10.6 Å². The van der Waals surface area contributed by atoms with E-state index >= 15 is 0 Å². The predicted molar refractivity (Wildman–Crippen MR) is 111 cm³/mol. The number of piperidine rings is 1. The monoisotopic (exact) mass is 395 g/mol. The Morgan fingerprint density at radius 3 is 2.33 bits per heavy atom. The topological polar surface area (TPSA) is 85.8 Å². The van der Waals surface area contributed by atoms with Crippen molar-refractivity contribution in [1.29, 1.82) is 0 Å². The molecule has 0 radical (unpaired) electrons. The first-order valence-electron chi connectivity index (χ1n) is 9.74. The first-order valence-corrected chi connectivity index (χ1v) is 11.4. The van der Waals surface area contributed by atoms with Gasteiger partial charge in [0.25, 0.3) is 0 Å². The molecule has 0 bridgehead atoms. The maximum Gasteiger partial charge on any atom is 0.211 e. The van der Waals surface area contributed by atoms with Crippen LogP contribution in [0.15, 0.2) is 29.3 Å². The lowest BCUT2D eigenvalue weighted by Crippen LogP contribution is -2.41. The Morgan fingerprint density at radius 1 is 1.04 bits per heavy atom. The Hall–Kier alpha value is -1.64. The zero-order chi connectivity index (χ0) is 19.5. The van der Waals surface area contributed by atoms with Crippen molar-refractivity contribution < 1.29 is 8.42 Å². The highest BCUT2D eigenvalue weighted by molar-refractivity contribution is 7.89. The Labute approximate surface area is 163 Å². The molecule has 0 aliphatic carbocycles. The molecule has 0 atom stereocenters. The zero-order valence-corrected chi connectivity index (χ0v) is 17.3. The molecule has 1 fully saturated rings. The summed E-state index contributed by atoms with van der Waals surface area (Å²) in [6.45, 7) is 6.55. The Morgan fingerprint density at radius 2 is 1.70 bits per heavy atom. The summed E-state index contributed by atoms with van der Waals surface area (Å²) < 4.78 is 25.3. The number of hydrogen-bond acceptors (Lipinski definition) is 4. The van der Waals surface area contributed by atoms with Gasteiger partial charge >= 0.3 is 0 Å². The highest BCUT2D eigenvalue weighted by atomic mass is 32.2. The third kappa shape index (κ3) is 8.28. The van der Waals surface area contributed by atoms with Crippen LogP contribution in [-0.4, -0.2) is 58.3 Å². The van der Waals surface area contributed by atoms with Crippen molar-refractivity contribution >= 4 is 16.0 Å². The van der Waals surface area contributed by atoms with Crippen LogP contribution < -0.4 is 15.4 Å². The maximum absolute atomic E-state index is 11.4. The summed E-state index contributed by atoms with van der Waals surface area (Å²) in [6, 6.07) is 8.69. The van der Waals surface area contributed by atoms with Gasteiger partial charge in [-0.3, -0.25) is 9.89 Å². The largest absolute Gasteiger partial charge is 0.355 e. The number of benzene rings is 1. The van der Waals surface area contributed by atoms with Crippen molar-refractivity contribution in [3.8, 4) is 0 Å². The second-order valence-electron chi connectivity index (χ2n) is 6.80. The molecule has 0 aromatic heterocycles. The van der Waals surface area contributed by atoms with Crippen molar-refractivity contribution in [3.63, 3.8) is 0 Å². The maximum atomic E-state index is 11.4. The van der Waals surface area contributed by atoms with E-state index in [2.05, 4.69) is 49.5 Å². The average molecular weight is 396 g/mol. The molecule has 8 heteroatoms. The lowest BCUT2D eigenvalue weighted by molar-refractivity contribution is 0.221. The van der Waals surface area contributed by atoms with Gasteiger partial charge in [-0.1, -0.05) is 30.7 Å². The van der Waals surface area contributed by atoms with Crippen LogP contribution in [0.25, 0.3) is 0 Å². The minimum Gasteiger partial charge on any atom is -0.355 e. The SMILES string of the molecule is CCS(=O)(=O)NCCNC(=NC)NCc1ccc(CN2CCCCC2)cc1. The fourth-order valence-electron chi connectivity index (χ4n) is 3.03. The molecule has 0 amide bonds. The Balaban J connectivity index is 1.70. The van der Waals surface area contributed by atoms with Crippen molar-refractivity contribution in [3.05, 3.63) is 35.4 Å². The predicted octanol–water partition coefficient (Wildman–Crippen LogP) is 1.28. The summed E-state index contributed by atoms with van der Waals surface area (Å²) in [4.78, 5) is 6.69. The van der Waals surface area contributed by atoms with Gasteiger partial charge in [0.15, 0.2) is 5.96 Å². The quantitative estimate of drug-likeness (QED) is 0.333. The average Bonchev–Trinajstić information content (AvgIpc) is 2.69. The van der Waals surface area contributed by atoms with Crippen LogP contribution in [0, 0.1) is 0 Å². The lowest BCUT2D eigenvalue weighted by atomic mass is 10.1. The fraction of sp³-hybridized carbons (Fsp3) is 0.632. The molecule has 1 aliphatic heterocycles. The van der Waals surface area contributed by atoms with E-state index in [0.29, 0.717) is 25.6 Å². The van der Waals surface area contributed by atoms with E-state index < -0.39 is 10.0 Å². The molecule has 1 saturated heterocycles. The number of aliphatic imine (C=N–C) groups is 1. The summed E-state index contributed by atoms with van der Waals surface area (Å²) in [5.74, 6) is 0.747. The number of likely N-dealkylation sites (tertiary alicyclic amines) is 1. The minimum absolute atomic E-state index is 0.0910. The molecule has 27 heavy (non-hydrogen) atoms. The summed E-state index contributed by atoms with van der Waals surface area (Å²) in [5.41, 5.74) is 2.54. The van der Waals surface area contributed by atoms with Crippen LogP contribution in [0.4, 0.5) is 0 Å². The van der Waals surface area contributed by atoms with Gasteiger partial charge in [0.05, 0.1) is 5.75 Å². The molecular weight excluding hydrogens is 362 g/mol. The van der Waals surface area contributed by atoms with Crippen LogP contribution in [0.5, 0.6) is 0 Å². The van der Waals surface area contributed by atoms with Crippen LogP contribution in [0.1, 0.15) is 37.3 Å². The third-order valence-corrected chi connectivity index (χ3v) is 6.08. The van der Waals surface area contributed by atoms with Gasteiger partial charge in [0.1, 0.15) is 0 Å². The first kappa shape index (κ1) is 21.7. The van der Waals surface area contributed by atoms with E-state index in [1.54, 1.807) is 14.0 Å². The summed E-state index contributed by atoms with van der Waals surface area (Å²) in [6.07, 6.45) is 3.99. The van der Waals surface area contributed by atoms with Gasteiger partial charge in [0, 0.05) is 33.2 Å². The molecule has 1 aromatic rings. The molecule has 1 aromatic carbocycles. The van der Waals surface area contributed by atoms with Crippen molar-refractivity contribution in [2.24, 2.45) is 4.99 Å². The minimum atomic E-state index is -3.15. The summed E-state index contributed by atoms with van der Waals surface area (Å²) in [5, 5.41) is 6.36. The van der Waals surface area contributed by atoms with E-state index in [1.165, 1.54) is 43.5 Å². The molecule has 0 unspecified atom stereocenters. The van der Waals surface area contributed by atoms with Crippen molar-refractivity contribution in [2.75, 3.05) is 39.0 Å². The smallest absolute Gasteiger partial charge is 0.211 e. The summed E-state index contributed by atoms with van der Waals surface area (Å²) >= 11 is 0. The van der Waals surface area contributed by atoms with E-state index in [0.717, 1.165) is 6.54 Å². The number of guanidine groups is 1. The van der Waals surface area contributed by atoms with Crippen LogP contribution in [-0.2, 0) is 23.1 Å². The number of hydrogen-bond donors (Lipinski definition) is 3. The molecule has 3 N–H and O–H groups in total. The molecule has 0 spiro atoms. The molecule has 0 saturated carbocycles. The molecule has 7 nitrogen and oxygen atoms in total. The van der Waals surface area contributed by atoms with Crippen LogP contribution >= 0.6 is 0 Å². The van der Waals surface area contributed by atoms with E-state index in [9.17, 15) is 8.42 Å². The van der Waals surface area contributed by atoms with E-state index in [4.69, 9.17) is 0 Å². The molecule has 2 rings (SSSR count). The molecule has 1 aliphatic rings. The Bertz CT molecular complexity index is 683. The molecule has 152 valence electrons. The number of sulfonamides is 1. The molecular formula is C19H33N5O2S. The van der Waals surface area contributed by atoms with Gasteiger partial charge in [-0.2, -0.15) is 0 Å². The van der Waals surface area contributed by atoms with Gasteiger partial charge in [-0.05, 0) is 44.0 Å². The van der Waals surface area contributed by atoms with Crippen LogP contribution in [0.2, 0.25) is 0 Å². The van der Waals surface area contributed by atoms with E-state index in [-0.39, 0.29) is 5.75 Å². The first-order chi connectivity index (χ1) is 13.0. The van der Waals surface area contributed by atoms with Gasteiger partial charge in [-0.15, -0.1) is 0 Å². The third-order valence-electron chi connectivity index (χ3n) is 4.68. The zero-order valence-electron chi connectivity index (χ0n) is 16.5. The van der Waals surface area contributed by atoms with Gasteiger partial charge in [0.2, 0.25) is 10.0 Å². The standard InChI is InChI=1S/C19H33N5O2S/c1-3-27(25,26)23-12-11-21-19(20-2)22-15-17-7-9-18(10-8-17)16-24-13-5-4-6-14-24/h7-10,23H,3-6,11-16H2,1-2H3,(H2,20,21,22). The highest BCUT2D eigenvalue weighted by Crippen LogP contribution is 2.13. The van der Waals surface area contributed by atoms with Crippen molar-refractivity contribution in [1.82, 2.24) is 20.3 Å². The fourth-order valence-corrected chi connectivity index (χ4v) is 3.65. The molecule has 1 heterocycles. The summed E-state index contributed by atoms with van der Waals surface area (Å²) in [7, 11) is -1.45. The normalized spacial score (nSPS) is 16.3. The van der Waals surface area contributed by atoms with E-state index in [1.807, 2.05) is 0 Å². The second kappa shape index (κ2) is 11.3. The van der Waals surface area contributed by atoms with Gasteiger partial charge in [-0.25, -0.2) is 13.1 Å². The highest BCUT2D eigenvalue weighted by Gasteiger charge is 2.10. The number of rotatable bonds is 9. The lowest BCUT2D eigenvalue weighted by Gasteiger charge is -2.26. The second-order valence-corrected chi connectivity index (χ2v) is 8.90. The van der Waals surface area contributed by atoms with Crippen molar-refractivity contribution in [2.45, 2.75) is 39.3 Å².